The van der Waals surface area contributed by atoms with Gasteiger partial charge in [0.15, 0.2) is 5.82 Å². The molecule has 3 heterocycles. The lowest BCUT2D eigenvalue weighted by Gasteiger charge is -2.04. The standard InChI is InChI=1S/C16H18N4OS2/c1-3-5-12-19-13(21-20-12)8-22-15-14-10-6-4-7-11(10)23-16(14)18-9(2)17-15/h3-8H2,1-2H3. The van der Waals surface area contributed by atoms with Gasteiger partial charge in [0.2, 0.25) is 5.89 Å². The van der Waals surface area contributed by atoms with Crippen LogP contribution in [0.5, 0.6) is 0 Å². The highest BCUT2D eigenvalue weighted by Crippen LogP contribution is 2.40. The molecule has 0 saturated heterocycles. The Morgan fingerprint density at radius 2 is 2.13 bits per heavy atom. The summed E-state index contributed by atoms with van der Waals surface area (Å²) in [5, 5.41) is 6.33. The summed E-state index contributed by atoms with van der Waals surface area (Å²) in [5.74, 6) is 2.96. The highest BCUT2D eigenvalue weighted by Gasteiger charge is 2.22. The van der Waals surface area contributed by atoms with Crippen molar-refractivity contribution in [3.63, 3.8) is 0 Å². The van der Waals surface area contributed by atoms with Crippen LogP contribution in [0.25, 0.3) is 10.2 Å². The maximum atomic E-state index is 5.33. The molecule has 7 heteroatoms. The molecule has 0 amide bonds. The fourth-order valence-electron chi connectivity index (χ4n) is 2.97. The van der Waals surface area contributed by atoms with Crippen molar-refractivity contribution < 1.29 is 4.52 Å². The van der Waals surface area contributed by atoms with Crippen LogP contribution in [0.3, 0.4) is 0 Å². The first-order chi connectivity index (χ1) is 11.2. The molecule has 0 N–H and O–H groups in total. The second-order valence-corrected chi connectivity index (χ2v) is 7.80. The van der Waals surface area contributed by atoms with E-state index in [9.17, 15) is 0 Å². The van der Waals surface area contributed by atoms with Crippen molar-refractivity contribution in [1.82, 2.24) is 20.1 Å². The molecule has 0 unspecified atom stereocenters. The first kappa shape index (κ1) is 15.1. The number of thioether (sulfide) groups is 1. The summed E-state index contributed by atoms with van der Waals surface area (Å²) in [7, 11) is 0. The van der Waals surface area contributed by atoms with E-state index in [1.54, 1.807) is 11.8 Å². The Balaban J connectivity index is 1.62. The molecule has 120 valence electrons. The molecule has 0 fully saturated rings. The van der Waals surface area contributed by atoms with Crippen LogP contribution < -0.4 is 0 Å². The van der Waals surface area contributed by atoms with E-state index >= 15 is 0 Å². The van der Waals surface area contributed by atoms with Gasteiger partial charge in [-0.05, 0) is 38.2 Å². The van der Waals surface area contributed by atoms with Gasteiger partial charge in [-0.15, -0.1) is 11.3 Å². The maximum Gasteiger partial charge on any atom is 0.237 e. The molecule has 1 aliphatic carbocycles. The lowest BCUT2D eigenvalue weighted by Crippen LogP contribution is -1.93. The zero-order chi connectivity index (χ0) is 15.8. The smallest absolute Gasteiger partial charge is 0.237 e. The molecular formula is C16H18N4OS2. The summed E-state index contributed by atoms with van der Waals surface area (Å²) in [6.45, 7) is 4.07. The normalized spacial score (nSPS) is 13.8. The van der Waals surface area contributed by atoms with Gasteiger partial charge in [0.1, 0.15) is 15.7 Å². The lowest BCUT2D eigenvalue weighted by atomic mass is 10.2. The molecule has 0 bridgehead atoms. The number of hydrogen-bond acceptors (Lipinski definition) is 7. The molecule has 3 aromatic heterocycles. The van der Waals surface area contributed by atoms with Gasteiger partial charge in [-0.1, -0.05) is 23.8 Å². The molecule has 1 aliphatic rings. The summed E-state index contributed by atoms with van der Waals surface area (Å²) in [4.78, 5) is 16.4. The summed E-state index contributed by atoms with van der Waals surface area (Å²) in [5.41, 5.74) is 1.46. The molecule has 23 heavy (non-hydrogen) atoms. The summed E-state index contributed by atoms with van der Waals surface area (Å²) >= 11 is 3.51. The fraction of sp³-hybridized carbons (Fsp3) is 0.500. The van der Waals surface area contributed by atoms with Crippen LogP contribution in [0.4, 0.5) is 0 Å². The first-order valence-corrected chi connectivity index (χ1v) is 9.78. The minimum Gasteiger partial charge on any atom is -0.338 e. The monoisotopic (exact) mass is 346 g/mol. The van der Waals surface area contributed by atoms with Crippen molar-refractivity contribution >= 4 is 33.3 Å². The summed E-state index contributed by atoms with van der Waals surface area (Å²) in [6.07, 6.45) is 5.47. The quantitative estimate of drug-likeness (QED) is 0.511. The Kier molecular flexibility index (Phi) is 4.07. The summed E-state index contributed by atoms with van der Waals surface area (Å²) in [6, 6.07) is 0. The predicted molar refractivity (Wildman–Crippen MR) is 92.0 cm³/mol. The van der Waals surface area contributed by atoms with E-state index in [-0.39, 0.29) is 0 Å². The molecule has 3 aromatic rings. The van der Waals surface area contributed by atoms with Crippen molar-refractivity contribution in [3.8, 4) is 0 Å². The molecule has 0 aliphatic heterocycles. The van der Waals surface area contributed by atoms with Crippen LogP contribution in [-0.4, -0.2) is 20.1 Å². The number of hydrogen-bond donors (Lipinski definition) is 0. The fourth-order valence-corrected chi connectivity index (χ4v) is 5.28. The van der Waals surface area contributed by atoms with E-state index in [4.69, 9.17) is 4.52 Å². The Bertz CT molecular complexity index is 855. The van der Waals surface area contributed by atoms with Crippen molar-refractivity contribution in [2.75, 3.05) is 0 Å². The first-order valence-electron chi connectivity index (χ1n) is 7.97. The second-order valence-electron chi connectivity index (χ2n) is 5.76. The Hall–Kier alpha value is -1.47. The van der Waals surface area contributed by atoms with Crippen LogP contribution >= 0.6 is 23.1 Å². The van der Waals surface area contributed by atoms with Crippen molar-refractivity contribution in [2.45, 2.75) is 56.7 Å². The summed E-state index contributed by atoms with van der Waals surface area (Å²) < 4.78 is 5.33. The minimum absolute atomic E-state index is 0.660. The lowest BCUT2D eigenvalue weighted by molar-refractivity contribution is 0.384. The number of rotatable bonds is 5. The zero-order valence-corrected chi connectivity index (χ0v) is 14.9. The molecule has 4 rings (SSSR count). The number of aromatic nitrogens is 4. The van der Waals surface area contributed by atoms with Gasteiger partial charge >= 0.3 is 0 Å². The molecular weight excluding hydrogens is 328 g/mol. The highest BCUT2D eigenvalue weighted by atomic mass is 32.2. The highest BCUT2D eigenvalue weighted by molar-refractivity contribution is 7.98. The number of fused-ring (bicyclic) bond motifs is 3. The predicted octanol–water partition coefficient (Wildman–Crippen LogP) is 4.12. The largest absolute Gasteiger partial charge is 0.338 e. The second kappa shape index (κ2) is 6.20. The van der Waals surface area contributed by atoms with Crippen molar-refractivity contribution in [1.29, 1.82) is 0 Å². The van der Waals surface area contributed by atoms with Gasteiger partial charge in [0.25, 0.3) is 0 Å². The molecule has 0 spiro atoms. The van der Waals surface area contributed by atoms with Crippen LogP contribution in [0.15, 0.2) is 9.55 Å². The Morgan fingerprint density at radius 3 is 3.00 bits per heavy atom. The SMILES string of the molecule is CCCc1noc(CSc2nc(C)nc3sc4c(c23)CCC4)n1. The zero-order valence-electron chi connectivity index (χ0n) is 13.3. The van der Waals surface area contributed by atoms with Gasteiger partial charge in [0.05, 0.1) is 5.75 Å². The molecule has 0 aromatic carbocycles. The molecule has 0 radical (unpaired) electrons. The maximum absolute atomic E-state index is 5.33. The Morgan fingerprint density at radius 1 is 1.22 bits per heavy atom. The molecule has 0 atom stereocenters. The topological polar surface area (TPSA) is 64.7 Å². The number of thiophene rings is 1. The van der Waals surface area contributed by atoms with Crippen LogP contribution in [0.2, 0.25) is 0 Å². The third-order valence-corrected chi connectivity index (χ3v) is 6.11. The average molecular weight is 346 g/mol. The molecule has 5 nitrogen and oxygen atoms in total. The van der Waals surface area contributed by atoms with Crippen LogP contribution in [0.1, 0.15) is 47.7 Å². The van der Waals surface area contributed by atoms with E-state index in [1.807, 2.05) is 18.3 Å². The van der Waals surface area contributed by atoms with Gasteiger partial charge in [-0.2, -0.15) is 4.98 Å². The van der Waals surface area contributed by atoms with Crippen molar-refractivity contribution in [2.24, 2.45) is 0 Å². The van der Waals surface area contributed by atoms with E-state index in [0.29, 0.717) is 11.6 Å². The van der Waals surface area contributed by atoms with Crippen LogP contribution in [0, 0.1) is 6.92 Å². The van der Waals surface area contributed by atoms with Gasteiger partial charge in [0, 0.05) is 16.7 Å². The van der Waals surface area contributed by atoms with Gasteiger partial charge < -0.3 is 4.52 Å². The van der Waals surface area contributed by atoms with E-state index in [0.717, 1.165) is 40.8 Å². The van der Waals surface area contributed by atoms with E-state index in [2.05, 4.69) is 27.0 Å². The van der Waals surface area contributed by atoms with Gasteiger partial charge in [-0.3, -0.25) is 0 Å². The van der Waals surface area contributed by atoms with E-state index in [1.165, 1.54) is 28.7 Å². The number of aryl methyl sites for hydroxylation is 4. The molecule has 0 saturated carbocycles. The number of nitrogens with zero attached hydrogens (tertiary/aromatic N) is 4. The minimum atomic E-state index is 0.660. The van der Waals surface area contributed by atoms with Crippen LogP contribution in [-0.2, 0) is 25.0 Å². The van der Waals surface area contributed by atoms with E-state index < -0.39 is 0 Å². The average Bonchev–Trinajstić information content (AvgIpc) is 3.20. The van der Waals surface area contributed by atoms with Gasteiger partial charge in [-0.25, -0.2) is 9.97 Å². The Labute approximate surface area is 142 Å². The van der Waals surface area contributed by atoms with Crippen molar-refractivity contribution in [3.05, 3.63) is 28.0 Å². The third kappa shape index (κ3) is 2.87. The third-order valence-electron chi connectivity index (χ3n) is 3.96.